The van der Waals surface area contributed by atoms with Crippen LogP contribution in [-0.4, -0.2) is 68.4 Å². The predicted octanol–water partition coefficient (Wildman–Crippen LogP) is 2.45. The van der Waals surface area contributed by atoms with Crippen molar-refractivity contribution in [1.82, 2.24) is 10.2 Å². The lowest BCUT2D eigenvalue weighted by molar-refractivity contribution is -0.118. The lowest BCUT2D eigenvalue weighted by Crippen LogP contribution is -2.57. The second-order valence-corrected chi connectivity index (χ2v) is 11.0. The fourth-order valence-corrected chi connectivity index (χ4v) is 5.26. The Hall–Kier alpha value is -1.36. The first kappa shape index (κ1) is 24.9. The molecule has 1 aromatic rings. The maximum absolute atomic E-state index is 12.6. The smallest absolute Gasteiger partial charge is 0.227 e. The molecule has 0 aliphatic carbocycles. The van der Waals surface area contributed by atoms with Gasteiger partial charge in [0.2, 0.25) is 5.91 Å². The quantitative estimate of drug-likeness (QED) is 0.265. The van der Waals surface area contributed by atoms with Gasteiger partial charge in [0.15, 0.2) is 15.8 Å². The number of rotatable bonds is 5. The van der Waals surface area contributed by atoms with Crippen molar-refractivity contribution in [3.8, 4) is 0 Å². The van der Waals surface area contributed by atoms with Gasteiger partial charge in [0, 0.05) is 44.8 Å². The molecule has 168 valence electrons. The molecule has 2 aliphatic rings. The van der Waals surface area contributed by atoms with E-state index in [0.29, 0.717) is 39.0 Å². The topological polar surface area (TPSA) is 82.1 Å². The monoisotopic (exact) mass is 548 g/mol. The molecule has 30 heavy (non-hydrogen) atoms. The van der Waals surface area contributed by atoms with Crippen LogP contribution in [0.3, 0.4) is 0 Å². The third-order valence-electron chi connectivity index (χ3n) is 5.68. The van der Waals surface area contributed by atoms with Crippen molar-refractivity contribution in [1.29, 1.82) is 0 Å². The molecule has 0 atom stereocenters. The Morgan fingerprint density at radius 1 is 1.23 bits per heavy atom. The number of nitrogens with zero attached hydrogens (tertiary/aromatic N) is 3. The second kappa shape index (κ2) is 10.3. The Morgan fingerprint density at radius 2 is 1.97 bits per heavy atom. The molecule has 1 amide bonds. The number of sulfone groups is 1. The van der Waals surface area contributed by atoms with Crippen molar-refractivity contribution in [2.75, 3.05) is 43.4 Å². The average Bonchev–Trinajstić information content (AvgIpc) is 3.10. The number of hydrogen-bond donors (Lipinski definition) is 1. The van der Waals surface area contributed by atoms with Gasteiger partial charge in [-0.05, 0) is 45.2 Å². The van der Waals surface area contributed by atoms with E-state index in [1.807, 2.05) is 34.9 Å². The summed E-state index contributed by atoms with van der Waals surface area (Å²) in [5.41, 5.74) is 2.27. The van der Waals surface area contributed by atoms with Gasteiger partial charge < -0.3 is 15.1 Å². The number of carbonyl (C=O) groups is 1. The molecule has 0 unspecified atom stereocenters. The van der Waals surface area contributed by atoms with Crippen LogP contribution < -0.4 is 10.2 Å². The van der Waals surface area contributed by atoms with E-state index in [2.05, 4.69) is 16.4 Å². The molecule has 3 rings (SSSR count). The fourth-order valence-electron chi connectivity index (χ4n) is 3.90. The standard InChI is InChI=1S/C21H32N4O3S.HI/c1-4-22-20(24-14-15-29(27,28)21(2,3)16-24)23-12-7-10-19(26)25-13-11-17-8-5-6-9-18(17)25;/h5-6,8-9H,4,7,10-16H2,1-3H3,(H,22,23);1H. The molecule has 9 heteroatoms. The van der Waals surface area contributed by atoms with Gasteiger partial charge in [-0.15, -0.1) is 24.0 Å². The molecule has 0 aromatic heterocycles. The van der Waals surface area contributed by atoms with Crippen LogP contribution in [0, 0.1) is 0 Å². The highest BCUT2D eigenvalue weighted by Crippen LogP contribution is 2.28. The number of hydrogen-bond acceptors (Lipinski definition) is 4. The minimum Gasteiger partial charge on any atom is -0.357 e. The fraction of sp³-hybridized carbons (Fsp3) is 0.619. The number of carbonyl (C=O) groups excluding carboxylic acids is 1. The predicted molar refractivity (Wildman–Crippen MR) is 133 cm³/mol. The van der Waals surface area contributed by atoms with Gasteiger partial charge in [-0.1, -0.05) is 18.2 Å². The maximum atomic E-state index is 12.6. The minimum absolute atomic E-state index is 0. The average molecular weight is 548 g/mol. The van der Waals surface area contributed by atoms with Crippen LogP contribution >= 0.6 is 24.0 Å². The first-order valence-electron chi connectivity index (χ1n) is 10.4. The van der Waals surface area contributed by atoms with E-state index in [-0.39, 0.29) is 35.6 Å². The summed E-state index contributed by atoms with van der Waals surface area (Å²) in [5.74, 6) is 1.01. The highest BCUT2D eigenvalue weighted by molar-refractivity contribution is 14.0. The van der Waals surface area contributed by atoms with Gasteiger partial charge in [0.05, 0.1) is 10.5 Å². The van der Waals surface area contributed by atoms with Crippen molar-refractivity contribution in [2.45, 2.75) is 44.8 Å². The summed E-state index contributed by atoms with van der Waals surface area (Å²) >= 11 is 0. The molecular weight excluding hydrogens is 515 g/mol. The number of nitrogens with one attached hydrogen (secondary N) is 1. The molecule has 1 fully saturated rings. The van der Waals surface area contributed by atoms with Crippen LogP contribution in [-0.2, 0) is 21.1 Å². The van der Waals surface area contributed by atoms with E-state index in [1.54, 1.807) is 13.8 Å². The van der Waals surface area contributed by atoms with Crippen molar-refractivity contribution in [3.05, 3.63) is 29.8 Å². The van der Waals surface area contributed by atoms with Crippen molar-refractivity contribution in [2.24, 2.45) is 4.99 Å². The molecule has 1 aromatic carbocycles. The van der Waals surface area contributed by atoms with E-state index < -0.39 is 14.6 Å². The zero-order valence-corrected chi connectivity index (χ0v) is 21.2. The number of halogens is 1. The summed E-state index contributed by atoms with van der Waals surface area (Å²) < 4.78 is 23.7. The summed E-state index contributed by atoms with van der Waals surface area (Å²) in [5, 5.41) is 3.26. The highest BCUT2D eigenvalue weighted by Gasteiger charge is 2.40. The van der Waals surface area contributed by atoms with Crippen LogP contribution in [0.25, 0.3) is 0 Å². The summed E-state index contributed by atoms with van der Waals surface area (Å²) in [7, 11) is -3.09. The van der Waals surface area contributed by atoms with Gasteiger partial charge in [0.25, 0.3) is 0 Å². The van der Waals surface area contributed by atoms with Gasteiger partial charge in [-0.2, -0.15) is 0 Å². The SMILES string of the molecule is CCNC(=NCCCC(=O)N1CCc2ccccc21)N1CCS(=O)(=O)C(C)(C)C1.I. The van der Waals surface area contributed by atoms with Crippen molar-refractivity contribution in [3.63, 3.8) is 0 Å². The Morgan fingerprint density at radius 3 is 2.67 bits per heavy atom. The molecule has 0 saturated carbocycles. The van der Waals surface area contributed by atoms with Gasteiger partial charge in [-0.3, -0.25) is 9.79 Å². The first-order valence-corrected chi connectivity index (χ1v) is 12.0. The summed E-state index contributed by atoms with van der Waals surface area (Å²) in [4.78, 5) is 21.2. The summed E-state index contributed by atoms with van der Waals surface area (Å²) in [6, 6.07) is 8.07. The van der Waals surface area contributed by atoms with E-state index in [0.717, 1.165) is 24.6 Å². The molecule has 2 aliphatic heterocycles. The number of para-hydroxylation sites is 1. The van der Waals surface area contributed by atoms with Gasteiger partial charge in [-0.25, -0.2) is 8.42 Å². The molecule has 0 spiro atoms. The number of aliphatic imine (C=N–C) groups is 1. The number of amides is 1. The molecule has 7 nitrogen and oxygen atoms in total. The normalized spacial score (nSPS) is 19.8. The summed E-state index contributed by atoms with van der Waals surface area (Å²) in [6.07, 6.45) is 2.04. The summed E-state index contributed by atoms with van der Waals surface area (Å²) in [6.45, 7) is 8.40. The van der Waals surface area contributed by atoms with Gasteiger partial charge >= 0.3 is 0 Å². The molecule has 0 bridgehead atoms. The Bertz CT molecular complexity index is 886. The number of fused-ring (bicyclic) bond motifs is 1. The first-order chi connectivity index (χ1) is 13.7. The molecule has 0 radical (unpaired) electrons. The Labute approximate surface area is 197 Å². The Balaban J connectivity index is 0.00000320. The van der Waals surface area contributed by atoms with Crippen LogP contribution in [0.1, 0.15) is 39.2 Å². The molecule has 1 saturated heterocycles. The van der Waals surface area contributed by atoms with Crippen LogP contribution in [0.5, 0.6) is 0 Å². The number of benzene rings is 1. The van der Waals surface area contributed by atoms with Crippen LogP contribution in [0.15, 0.2) is 29.3 Å². The lowest BCUT2D eigenvalue weighted by Gasteiger charge is -2.39. The van der Waals surface area contributed by atoms with E-state index >= 15 is 0 Å². The van der Waals surface area contributed by atoms with Crippen molar-refractivity contribution < 1.29 is 13.2 Å². The lowest BCUT2D eigenvalue weighted by atomic mass is 10.2. The van der Waals surface area contributed by atoms with Crippen molar-refractivity contribution >= 4 is 51.4 Å². The third kappa shape index (κ3) is 5.46. The van der Waals surface area contributed by atoms with Crippen LogP contribution in [0.4, 0.5) is 5.69 Å². The largest absolute Gasteiger partial charge is 0.357 e. The molecular formula is C21H33IN4O3S. The zero-order chi connectivity index (χ0) is 21.1. The van der Waals surface area contributed by atoms with E-state index in [4.69, 9.17) is 0 Å². The Kier molecular flexibility index (Phi) is 8.55. The zero-order valence-electron chi connectivity index (χ0n) is 18.1. The number of guanidine groups is 1. The molecule has 2 heterocycles. The second-order valence-electron chi connectivity index (χ2n) is 8.26. The minimum atomic E-state index is -3.09. The molecule has 1 N–H and O–H groups in total. The van der Waals surface area contributed by atoms with Crippen LogP contribution in [0.2, 0.25) is 0 Å². The maximum Gasteiger partial charge on any atom is 0.227 e. The highest BCUT2D eigenvalue weighted by atomic mass is 127. The van der Waals surface area contributed by atoms with E-state index in [1.165, 1.54) is 5.56 Å². The van der Waals surface area contributed by atoms with Gasteiger partial charge in [0.1, 0.15) is 0 Å². The van der Waals surface area contributed by atoms with E-state index in [9.17, 15) is 13.2 Å². The third-order valence-corrected chi connectivity index (χ3v) is 8.21. The number of anilines is 1.